The molecule has 0 radical (unpaired) electrons. The summed E-state index contributed by atoms with van der Waals surface area (Å²) in [6, 6.07) is 4.46. The van der Waals surface area contributed by atoms with Gasteiger partial charge < -0.3 is 9.88 Å². The van der Waals surface area contributed by atoms with Crippen LogP contribution in [0.4, 0.5) is 4.39 Å². The Bertz CT molecular complexity index is 612. The second kappa shape index (κ2) is 4.21. The molecule has 1 aliphatic heterocycles. The van der Waals surface area contributed by atoms with E-state index in [2.05, 4.69) is 5.32 Å². The van der Waals surface area contributed by atoms with Gasteiger partial charge in [-0.2, -0.15) is 0 Å². The topological polar surface area (TPSA) is 34.0 Å². The number of carbonyl (C=O) groups is 1. The normalized spacial score (nSPS) is 19.6. The van der Waals surface area contributed by atoms with E-state index in [0.29, 0.717) is 10.9 Å². The van der Waals surface area contributed by atoms with E-state index < -0.39 is 0 Å². The number of halogens is 1. The number of hydrogen-bond acceptors (Lipinski definition) is 2. The summed E-state index contributed by atoms with van der Waals surface area (Å²) in [5, 5.41) is 3.90. The Morgan fingerprint density at radius 3 is 3.06 bits per heavy atom. The molecule has 1 aromatic carbocycles. The number of nitrogens with zero attached hydrogens (tertiary/aromatic N) is 1. The fraction of sp³-hybridized carbons (Fsp3) is 0.357. The number of carbonyl (C=O) groups excluding carboxylic acids is 1. The zero-order valence-corrected chi connectivity index (χ0v) is 10.2. The van der Waals surface area contributed by atoms with E-state index in [1.54, 1.807) is 12.3 Å². The van der Waals surface area contributed by atoms with E-state index >= 15 is 0 Å². The van der Waals surface area contributed by atoms with Crippen LogP contribution in [0.1, 0.15) is 23.2 Å². The molecule has 18 heavy (non-hydrogen) atoms. The minimum atomic E-state index is -0.304. The molecule has 1 aliphatic rings. The number of aromatic nitrogens is 1. The maximum absolute atomic E-state index is 13.3. The summed E-state index contributed by atoms with van der Waals surface area (Å²) < 4.78 is 15.2. The summed E-state index contributed by atoms with van der Waals surface area (Å²) in [5.41, 5.74) is 1.50. The number of aryl methyl sites for hydroxylation is 1. The number of ketones is 1. The average molecular weight is 246 g/mol. The quantitative estimate of drug-likeness (QED) is 0.825. The highest BCUT2D eigenvalue weighted by Crippen LogP contribution is 2.24. The Morgan fingerprint density at radius 2 is 2.33 bits per heavy atom. The number of hydrogen-bond donors (Lipinski definition) is 1. The number of Topliss-reactive ketones (excluding diaryl/α,β-unsaturated/α-hetero) is 1. The molecule has 0 saturated carbocycles. The van der Waals surface area contributed by atoms with Crippen molar-refractivity contribution in [3.05, 3.63) is 35.8 Å². The summed E-state index contributed by atoms with van der Waals surface area (Å²) in [4.78, 5) is 12.4. The molecule has 1 N–H and O–H groups in total. The highest BCUT2D eigenvalue weighted by molar-refractivity contribution is 6.10. The van der Waals surface area contributed by atoms with E-state index in [0.717, 1.165) is 24.9 Å². The third-order valence-corrected chi connectivity index (χ3v) is 3.59. The lowest BCUT2D eigenvalue weighted by molar-refractivity contribution is 0.0954. The van der Waals surface area contributed by atoms with E-state index in [4.69, 9.17) is 0 Å². The lowest BCUT2D eigenvalue weighted by Gasteiger charge is -2.07. The highest BCUT2D eigenvalue weighted by atomic mass is 19.1. The molecule has 0 aliphatic carbocycles. The summed E-state index contributed by atoms with van der Waals surface area (Å²) in [7, 11) is 1.87. The molecule has 94 valence electrons. The molecule has 2 heterocycles. The second-order valence-corrected chi connectivity index (χ2v) is 4.83. The number of rotatable bonds is 2. The Balaban J connectivity index is 2.10. The van der Waals surface area contributed by atoms with Crippen molar-refractivity contribution in [2.75, 3.05) is 6.54 Å². The summed E-state index contributed by atoms with van der Waals surface area (Å²) in [6.07, 6.45) is 3.69. The Labute approximate surface area is 105 Å². The zero-order valence-electron chi connectivity index (χ0n) is 10.2. The monoisotopic (exact) mass is 246 g/mol. The van der Waals surface area contributed by atoms with Crippen LogP contribution in [-0.2, 0) is 7.05 Å². The van der Waals surface area contributed by atoms with Crippen LogP contribution in [0.5, 0.6) is 0 Å². The van der Waals surface area contributed by atoms with E-state index in [-0.39, 0.29) is 17.6 Å². The standard InChI is InChI=1S/C14H15FN2O/c1-17-8-11(14(18)12-3-2-6-16-12)10-7-9(15)4-5-13(10)17/h4-5,7-8,12,16H,2-3,6H2,1H3. The van der Waals surface area contributed by atoms with Crippen LogP contribution in [0.3, 0.4) is 0 Å². The molecule has 1 unspecified atom stereocenters. The molecule has 4 heteroatoms. The molecule has 1 fully saturated rings. The van der Waals surface area contributed by atoms with Gasteiger partial charge in [0.2, 0.25) is 0 Å². The van der Waals surface area contributed by atoms with Crippen LogP contribution in [0.2, 0.25) is 0 Å². The molecular weight excluding hydrogens is 231 g/mol. The fourth-order valence-corrected chi connectivity index (χ4v) is 2.66. The minimum Gasteiger partial charge on any atom is -0.350 e. The molecule has 1 aromatic heterocycles. The van der Waals surface area contributed by atoms with Gasteiger partial charge in [-0.3, -0.25) is 4.79 Å². The van der Waals surface area contributed by atoms with Gasteiger partial charge in [0.05, 0.1) is 6.04 Å². The second-order valence-electron chi connectivity index (χ2n) is 4.83. The van der Waals surface area contributed by atoms with Crippen molar-refractivity contribution in [2.24, 2.45) is 7.05 Å². The van der Waals surface area contributed by atoms with Crippen LogP contribution < -0.4 is 5.32 Å². The number of benzene rings is 1. The predicted molar refractivity (Wildman–Crippen MR) is 68.2 cm³/mol. The van der Waals surface area contributed by atoms with Gasteiger partial charge in [-0.1, -0.05) is 0 Å². The van der Waals surface area contributed by atoms with E-state index in [1.807, 2.05) is 11.6 Å². The van der Waals surface area contributed by atoms with Crippen molar-refractivity contribution in [3.8, 4) is 0 Å². The lowest BCUT2D eigenvalue weighted by Crippen LogP contribution is -2.30. The third-order valence-electron chi connectivity index (χ3n) is 3.59. The van der Waals surface area contributed by atoms with Crippen molar-refractivity contribution in [1.29, 1.82) is 0 Å². The first-order valence-electron chi connectivity index (χ1n) is 6.19. The van der Waals surface area contributed by atoms with Crippen LogP contribution >= 0.6 is 0 Å². The van der Waals surface area contributed by atoms with Gasteiger partial charge >= 0.3 is 0 Å². The van der Waals surface area contributed by atoms with Crippen LogP contribution in [0.25, 0.3) is 10.9 Å². The summed E-state index contributed by atoms with van der Waals surface area (Å²) >= 11 is 0. The smallest absolute Gasteiger partial charge is 0.181 e. The Kier molecular flexibility index (Phi) is 2.67. The molecular formula is C14H15FN2O. The van der Waals surface area contributed by atoms with E-state index in [1.165, 1.54) is 12.1 Å². The van der Waals surface area contributed by atoms with Gasteiger partial charge in [-0.15, -0.1) is 0 Å². The maximum Gasteiger partial charge on any atom is 0.181 e. The van der Waals surface area contributed by atoms with Gasteiger partial charge in [-0.25, -0.2) is 4.39 Å². The van der Waals surface area contributed by atoms with Crippen molar-refractivity contribution in [1.82, 2.24) is 9.88 Å². The molecule has 0 amide bonds. The third kappa shape index (κ3) is 1.73. The van der Waals surface area contributed by atoms with E-state index in [9.17, 15) is 9.18 Å². The van der Waals surface area contributed by atoms with Crippen molar-refractivity contribution >= 4 is 16.7 Å². The molecule has 3 nitrogen and oxygen atoms in total. The van der Waals surface area contributed by atoms with Crippen molar-refractivity contribution in [3.63, 3.8) is 0 Å². The molecule has 0 bridgehead atoms. The van der Waals surface area contributed by atoms with Gasteiger partial charge in [0, 0.05) is 29.7 Å². The van der Waals surface area contributed by atoms with Gasteiger partial charge in [0.25, 0.3) is 0 Å². The summed E-state index contributed by atoms with van der Waals surface area (Å²) in [5.74, 6) is -0.231. The molecule has 0 spiro atoms. The average Bonchev–Trinajstić information content (AvgIpc) is 2.97. The first-order valence-corrected chi connectivity index (χ1v) is 6.19. The predicted octanol–water partition coefficient (Wildman–Crippen LogP) is 2.25. The molecule has 1 atom stereocenters. The van der Waals surface area contributed by atoms with Crippen LogP contribution in [0, 0.1) is 5.82 Å². The Hall–Kier alpha value is -1.68. The molecule has 2 aromatic rings. The van der Waals surface area contributed by atoms with Gasteiger partial charge in [-0.05, 0) is 37.6 Å². The maximum atomic E-state index is 13.3. The fourth-order valence-electron chi connectivity index (χ4n) is 2.66. The van der Waals surface area contributed by atoms with Crippen LogP contribution in [-0.4, -0.2) is 22.9 Å². The number of fused-ring (bicyclic) bond motifs is 1. The van der Waals surface area contributed by atoms with Gasteiger partial charge in [0.15, 0.2) is 5.78 Å². The van der Waals surface area contributed by atoms with Crippen molar-refractivity contribution in [2.45, 2.75) is 18.9 Å². The molecule has 3 rings (SSSR count). The zero-order chi connectivity index (χ0) is 12.7. The molecule has 1 saturated heterocycles. The minimum absolute atomic E-state index is 0.0729. The first-order chi connectivity index (χ1) is 8.66. The lowest BCUT2D eigenvalue weighted by atomic mass is 10.0. The highest BCUT2D eigenvalue weighted by Gasteiger charge is 2.25. The Morgan fingerprint density at radius 1 is 1.50 bits per heavy atom. The SMILES string of the molecule is Cn1cc(C(=O)C2CCCN2)c2cc(F)ccc21. The number of nitrogens with one attached hydrogen (secondary N) is 1. The largest absolute Gasteiger partial charge is 0.350 e. The summed E-state index contributed by atoms with van der Waals surface area (Å²) in [6.45, 7) is 0.884. The van der Waals surface area contributed by atoms with Crippen molar-refractivity contribution < 1.29 is 9.18 Å². The van der Waals surface area contributed by atoms with Crippen LogP contribution in [0.15, 0.2) is 24.4 Å². The van der Waals surface area contributed by atoms with Gasteiger partial charge in [0.1, 0.15) is 5.82 Å². The first kappa shape index (κ1) is 11.4.